The van der Waals surface area contributed by atoms with E-state index < -0.39 is 11.1 Å². The average molecular weight is 403 g/mol. The minimum Gasteiger partial charge on any atom is -0.454 e. The molecule has 1 atom stereocenters. The SMILES string of the molecule is Cc1ccc([C@@H]2Nc3ccccc3C(=O)N2c2ccc3c(c2)OCO3)cc1[N+](=O)[O-]. The first-order valence-electron chi connectivity index (χ1n) is 9.36. The summed E-state index contributed by atoms with van der Waals surface area (Å²) in [7, 11) is 0. The lowest BCUT2D eigenvalue weighted by atomic mass is 10.0. The van der Waals surface area contributed by atoms with Gasteiger partial charge in [0.05, 0.1) is 16.2 Å². The molecule has 0 bridgehead atoms. The van der Waals surface area contributed by atoms with Gasteiger partial charge in [0, 0.05) is 28.9 Å². The van der Waals surface area contributed by atoms with E-state index in [2.05, 4.69) is 5.32 Å². The number of benzene rings is 3. The molecule has 2 aliphatic rings. The molecule has 8 nitrogen and oxygen atoms in total. The van der Waals surface area contributed by atoms with Gasteiger partial charge < -0.3 is 14.8 Å². The van der Waals surface area contributed by atoms with Gasteiger partial charge in [-0.15, -0.1) is 0 Å². The van der Waals surface area contributed by atoms with Crippen LogP contribution in [-0.4, -0.2) is 17.6 Å². The minimum absolute atomic E-state index is 0.00578. The number of nitro groups is 1. The maximum atomic E-state index is 13.5. The number of amides is 1. The molecule has 0 fully saturated rings. The van der Waals surface area contributed by atoms with Gasteiger partial charge in [0.25, 0.3) is 11.6 Å². The first-order valence-corrected chi connectivity index (χ1v) is 9.36. The monoisotopic (exact) mass is 403 g/mol. The number of fused-ring (bicyclic) bond motifs is 2. The van der Waals surface area contributed by atoms with Gasteiger partial charge in [0.2, 0.25) is 6.79 Å². The Kier molecular flexibility index (Phi) is 4.06. The Balaban J connectivity index is 1.66. The predicted molar refractivity (Wildman–Crippen MR) is 110 cm³/mol. The number of carbonyl (C=O) groups is 1. The highest BCUT2D eigenvalue weighted by Gasteiger charge is 2.35. The maximum Gasteiger partial charge on any atom is 0.272 e. The van der Waals surface area contributed by atoms with Crippen LogP contribution in [0.1, 0.15) is 27.7 Å². The van der Waals surface area contributed by atoms with Crippen LogP contribution in [0, 0.1) is 17.0 Å². The summed E-state index contributed by atoms with van der Waals surface area (Å²) in [6.45, 7) is 1.81. The van der Waals surface area contributed by atoms with Crippen LogP contribution in [0.15, 0.2) is 60.7 Å². The molecule has 0 spiro atoms. The number of anilines is 2. The molecular formula is C22H17N3O5. The Hall–Kier alpha value is -4.07. The van der Waals surface area contributed by atoms with E-state index in [9.17, 15) is 14.9 Å². The molecule has 5 rings (SSSR count). The lowest BCUT2D eigenvalue weighted by Gasteiger charge is -2.38. The van der Waals surface area contributed by atoms with Crippen LogP contribution in [0.5, 0.6) is 11.5 Å². The van der Waals surface area contributed by atoms with Crippen LogP contribution in [-0.2, 0) is 0 Å². The summed E-state index contributed by atoms with van der Waals surface area (Å²) in [4.78, 5) is 26.1. The molecule has 3 aromatic rings. The predicted octanol–water partition coefficient (Wildman–Crippen LogP) is 4.40. The smallest absolute Gasteiger partial charge is 0.272 e. The van der Waals surface area contributed by atoms with E-state index in [0.717, 1.165) is 0 Å². The third-order valence-corrected chi connectivity index (χ3v) is 5.31. The van der Waals surface area contributed by atoms with Crippen LogP contribution in [0.4, 0.5) is 17.1 Å². The number of hydrogen-bond acceptors (Lipinski definition) is 6. The Morgan fingerprint density at radius 1 is 1.07 bits per heavy atom. The third-order valence-electron chi connectivity index (χ3n) is 5.31. The first kappa shape index (κ1) is 18.0. The summed E-state index contributed by atoms with van der Waals surface area (Å²) in [6.07, 6.45) is -0.632. The van der Waals surface area contributed by atoms with Crippen molar-refractivity contribution in [2.45, 2.75) is 13.1 Å². The second-order valence-electron chi connectivity index (χ2n) is 7.11. The molecule has 30 heavy (non-hydrogen) atoms. The highest BCUT2D eigenvalue weighted by atomic mass is 16.7. The maximum absolute atomic E-state index is 13.5. The van der Waals surface area contributed by atoms with Crippen LogP contribution < -0.4 is 19.7 Å². The van der Waals surface area contributed by atoms with Crippen molar-refractivity contribution in [3.05, 3.63) is 87.5 Å². The van der Waals surface area contributed by atoms with Crippen molar-refractivity contribution < 1.29 is 19.2 Å². The standard InChI is InChI=1S/C22H17N3O5/c1-13-6-7-14(10-18(13)25(27)28)21-23-17-5-3-2-4-16(17)22(26)24(21)15-8-9-19-20(11-15)30-12-29-19/h2-11,21,23H,12H2,1H3/t21-/m1/s1. The molecule has 1 amide bonds. The summed E-state index contributed by atoms with van der Waals surface area (Å²) >= 11 is 0. The Bertz CT molecular complexity index is 1190. The molecule has 0 aromatic heterocycles. The molecule has 2 aliphatic heterocycles. The van der Waals surface area contributed by atoms with Crippen LogP contribution in [0.2, 0.25) is 0 Å². The van der Waals surface area contributed by atoms with Crippen molar-refractivity contribution in [1.29, 1.82) is 0 Å². The van der Waals surface area contributed by atoms with Crippen molar-refractivity contribution >= 4 is 23.0 Å². The van der Waals surface area contributed by atoms with E-state index in [4.69, 9.17) is 9.47 Å². The van der Waals surface area contributed by atoms with E-state index in [1.807, 2.05) is 12.1 Å². The Morgan fingerprint density at radius 3 is 2.70 bits per heavy atom. The molecule has 8 heteroatoms. The van der Waals surface area contributed by atoms with E-state index in [1.165, 1.54) is 6.07 Å². The molecule has 2 heterocycles. The number of para-hydroxylation sites is 1. The fourth-order valence-electron chi connectivity index (χ4n) is 3.78. The van der Waals surface area contributed by atoms with Crippen LogP contribution >= 0.6 is 0 Å². The zero-order valence-electron chi connectivity index (χ0n) is 16.0. The van der Waals surface area contributed by atoms with Crippen LogP contribution in [0.3, 0.4) is 0 Å². The highest BCUT2D eigenvalue weighted by molar-refractivity contribution is 6.12. The third kappa shape index (κ3) is 2.81. The van der Waals surface area contributed by atoms with E-state index in [1.54, 1.807) is 54.3 Å². The molecular weight excluding hydrogens is 386 g/mol. The molecule has 0 saturated carbocycles. The summed E-state index contributed by atoms with van der Waals surface area (Å²) in [6, 6.07) is 17.5. The lowest BCUT2D eigenvalue weighted by molar-refractivity contribution is -0.385. The van der Waals surface area contributed by atoms with Gasteiger partial charge in [-0.3, -0.25) is 19.8 Å². The largest absolute Gasteiger partial charge is 0.454 e. The number of ether oxygens (including phenoxy) is 2. The van der Waals surface area contributed by atoms with Gasteiger partial charge in [0.1, 0.15) is 6.17 Å². The summed E-state index contributed by atoms with van der Waals surface area (Å²) in [5, 5.41) is 14.8. The highest BCUT2D eigenvalue weighted by Crippen LogP contribution is 2.41. The lowest BCUT2D eigenvalue weighted by Crippen LogP contribution is -2.43. The fourth-order valence-corrected chi connectivity index (χ4v) is 3.78. The zero-order valence-corrected chi connectivity index (χ0v) is 16.0. The van der Waals surface area contributed by atoms with E-state index >= 15 is 0 Å². The normalized spacial score (nSPS) is 16.8. The molecule has 0 aliphatic carbocycles. The van der Waals surface area contributed by atoms with Gasteiger partial charge in [-0.25, -0.2) is 0 Å². The topological polar surface area (TPSA) is 93.9 Å². The summed E-state index contributed by atoms with van der Waals surface area (Å²) < 4.78 is 10.8. The van der Waals surface area contributed by atoms with Gasteiger partial charge in [0.15, 0.2) is 11.5 Å². The number of aryl methyl sites for hydroxylation is 1. The van der Waals surface area contributed by atoms with Gasteiger partial charge in [-0.1, -0.05) is 24.3 Å². The van der Waals surface area contributed by atoms with Crippen molar-refractivity contribution in [2.75, 3.05) is 17.0 Å². The number of nitrogens with one attached hydrogen (secondary N) is 1. The quantitative estimate of drug-likeness (QED) is 0.514. The average Bonchev–Trinajstić information content (AvgIpc) is 3.22. The number of rotatable bonds is 3. The van der Waals surface area contributed by atoms with E-state index in [-0.39, 0.29) is 18.4 Å². The Morgan fingerprint density at radius 2 is 1.87 bits per heavy atom. The minimum atomic E-state index is -0.632. The van der Waals surface area contributed by atoms with Gasteiger partial charge >= 0.3 is 0 Å². The molecule has 0 saturated heterocycles. The number of carbonyl (C=O) groups excluding carboxylic acids is 1. The second-order valence-corrected chi connectivity index (χ2v) is 7.11. The second kappa shape index (κ2) is 6.77. The molecule has 150 valence electrons. The number of nitrogens with zero attached hydrogens (tertiary/aromatic N) is 2. The molecule has 1 N–H and O–H groups in total. The zero-order chi connectivity index (χ0) is 20.8. The van der Waals surface area contributed by atoms with Crippen molar-refractivity contribution in [3.63, 3.8) is 0 Å². The van der Waals surface area contributed by atoms with Crippen LogP contribution in [0.25, 0.3) is 0 Å². The number of nitro benzene ring substituents is 1. The van der Waals surface area contributed by atoms with Crippen molar-refractivity contribution in [3.8, 4) is 11.5 Å². The van der Waals surface area contributed by atoms with Gasteiger partial charge in [-0.05, 0) is 31.2 Å². The van der Waals surface area contributed by atoms with E-state index in [0.29, 0.717) is 39.6 Å². The number of hydrogen-bond donors (Lipinski definition) is 1. The summed E-state index contributed by atoms with van der Waals surface area (Å²) in [5.41, 5.74) is 2.96. The molecule has 0 unspecified atom stereocenters. The molecule has 3 aromatic carbocycles. The molecule has 0 radical (unpaired) electrons. The van der Waals surface area contributed by atoms with Crippen molar-refractivity contribution in [2.24, 2.45) is 0 Å². The fraction of sp³-hybridized carbons (Fsp3) is 0.136. The summed E-state index contributed by atoms with van der Waals surface area (Å²) in [5.74, 6) is 0.948. The van der Waals surface area contributed by atoms with Gasteiger partial charge in [-0.2, -0.15) is 0 Å². The Labute approximate surface area is 171 Å². The first-order chi connectivity index (χ1) is 14.5. The van der Waals surface area contributed by atoms with Crippen molar-refractivity contribution in [1.82, 2.24) is 0 Å².